The monoisotopic (exact) mass is 1460 g/mol. The number of nitrogen functional groups attached to an aromatic ring is 1. The summed E-state index contributed by atoms with van der Waals surface area (Å²) < 4.78 is 72.4. The zero-order valence-electron chi connectivity index (χ0n) is 53.0. The SMILES string of the molecule is CCN[C@H]1CO[C@@H](O[C@H]2[C@H](O[C@H]3C#CC=CC#C[C@]4(O)CC(=O)C(NC(=O)OC)=C3/C4=C\CSSC(C)(C)c3cccnc3N)O[C@H](C)[C@@H](NO[C@H]3C[C@H](O)[C@H](SC(=O)c4c(C)c(I)c(O[C@@H]5O[C@@H](C)[C@H](O)[C@@H](OC)[C@H]5O)c(OC)c4OC)[C@@H](C)O3)[C@@H]2O)C[C@@H]1OC. The van der Waals surface area contributed by atoms with Crippen molar-refractivity contribution in [3.8, 4) is 40.9 Å². The zero-order valence-corrected chi connectivity index (χ0v) is 57.6. The number of ketones is 1. The highest BCUT2D eigenvalue weighted by Gasteiger charge is 2.52. The third-order valence-corrected chi connectivity index (χ3v) is 22.2. The fourth-order valence-electron chi connectivity index (χ4n) is 11.6. The Labute approximate surface area is 560 Å². The number of nitrogens with two attached hydrogens (primary N) is 1. The second-order valence-electron chi connectivity index (χ2n) is 22.9. The summed E-state index contributed by atoms with van der Waals surface area (Å²) in [5, 5.41) is 63.2. The lowest BCUT2D eigenvalue weighted by atomic mass is 9.75. The first-order valence-electron chi connectivity index (χ1n) is 29.7. The second kappa shape index (κ2) is 32.6. The quantitative estimate of drug-likeness (QED) is 0.0251. The maximum Gasteiger partial charge on any atom is 0.411 e. The van der Waals surface area contributed by atoms with Crippen molar-refractivity contribution in [3.63, 3.8) is 0 Å². The van der Waals surface area contributed by atoms with E-state index >= 15 is 0 Å². The van der Waals surface area contributed by atoms with Crippen molar-refractivity contribution in [3.05, 3.63) is 73.7 Å². The number of allylic oxidation sites excluding steroid dienone is 3. The number of alkyl carbamates (subject to hydrolysis) is 1. The van der Waals surface area contributed by atoms with Gasteiger partial charge in [-0.15, -0.1) is 0 Å². The number of amides is 1. The standard InChI is InChI=1S/C62H82IN5O21S3/c1-13-65-35-28-82-40(26-39(35)77-8)87-53-48(72)45(68-89-41-25-36(69)55(32(5)83-41)91-57(74)42-29(2)44(63)51(54(80-11)50(42)78-9)88-58-49(73)52(79-10)47(71)31(4)85-58)30(3)84-59(53)86-38-20-16-14-15-17-22-62(76)27-37(70)46(67-60(75)81-12)43(38)33(62)21-24-90-92-61(6,7)34-19-18-23-66-56(34)64/h14-15,18-19,21,23,30-32,35-36,38-41,45,47-49,52-53,55,58-59,65,68-69,71-73,76H,13,24-28H2,1-12H3,(H2,64,66)(H,67,75)/b15-14?,33-21+/t30-,31+,32-,35+,36+,38+,39+,40+,41+,45-,47+,48+,49-,52-,53-,55-,58+,59+,62+/m1/s1. The molecule has 0 saturated carbocycles. The summed E-state index contributed by atoms with van der Waals surface area (Å²) in [6.07, 6.45) is -12.6. The maximum atomic E-state index is 14.5. The first-order chi connectivity index (χ1) is 43.8. The Bertz CT molecular complexity index is 3180. The number of hydrogen-bond donors (Lipinski definition) is 9. The molecule has 0 unspecified atom stereocenters. The van der Waals surface area contributed by atoms with Crippen LogP contribution in [0.15, 0.2) is 53.4 Å². The van der Waals surface area contributed by atoms with E-state index in [1.807, 2.05) is 49.4 Å². The van der Waals surface area contributed by atoms with Crippen molar-refractivity contribution in [2.75, 3.05) is 60.2 Å². The molecular weight excluding hydrogens is 1370 g/mol. The Balaban J connectivity index is 1.04. The number of thioether (sulfide) groups is 1. The number of hydroxylamine groups is 1. The third kappa shape index (κ3) is 16.5. The summed E-state index contributed by atoms with van der Waals surface area (Å²) in [6, 6.07) is 2.38. The Morgan fingerprint density at radius 1 is 0.913 bits per heavy atom. The molecule has 6 aliphatic rings. The van der Waals surface area contributed by atoms with E-state index in [0.717, 1.165) is 24.4 Å². The van der Waals surface area contributed by atoms with Crippen LogP contribution >= 0.6 is 55.9 Å². The van der Waals surface area contributed by atoms with Crippen LogP contribution in [0, 0.1) is 34.2 Å². The molecule has 10 N–H and O–H groups in total. The number of carbonyl (C=O) groups is 3. The number of likely N-dealkylation sites (N-methyl/N-ethyl adjacent to an activating group) is 1. The van der Waals surface area contributed by atoms with Gasteiger partial charge in [-0.25, -0.2) is 9.78 Å². The van der Waals surface area contributed by atoms with Gasteiger partial charge in [0.05, 0.1) is 97.0 Å². The number of halogens is 1. The van der Waals surface area contributed by atoms with Crippen LogP contribution in [0.3, 0.4) is 0 Å². The van der Waals surface area contributed by atoms with Gasteiger partial charge in [0.15, 0.2) is 41.8 Å². The number of ether oxygens (including phenoxy) is 12. The number of rotatable bonds is 23. The van der Waals surface area contributed by atoms with Gasteiger partial charge in [0.1, 0.15) is 42.4 Å². The van der Waals surface area contributed by atoms with E-state index in [-0.39, 0.29) is 70.9 Å². The number of nitrogens with one attached hydrogen (secondary N) is 3. The van der Waals surface area contributed by atoms with E-state index in [9.17, 15) is 39.9 Å². The Kier molecular flexibility index (Phi) is 26.0. The normalized spacial score (nSPS) is 33.6. The molecule has 4 fully saturated rings. The number of aliphatic hydroxyl groups excluding tert-OH is 4. The lowest BCUT2D eigenvalue weighted by molar-refractivity contribution is -0.336. The molecule has 2 aromatic rings. The van der Waals surface area contributed by atoms with Crippen LogP contribution in [-0.2, 0) is 57.0 Å². The van der Waals surface area contributed by atoms with Crippen molar-refractivity contribution in [2.24, 2.45) is 0 Å². The molecule has 506 valence electrons. The van der Waals surface area contributed by atoms with Crippen LogP contribution in [0.4, 0.5) is 10.6 Å². The Morgan fingerprint density at radius 3 is 2.32 bits per heavy atom. The van der Waals surface area contributed by atoms with Crippen LogP contribution < -0.4 is 36.1 Å². The summed E-state index contributed by atoms with van der Waals surface area (Å²) in [4.78, 5) is 52.4. The number of benzene rings is 1. The van der Waals surface area contributed by atoms with E-state index in [4.69, 9.17) is 67.4 Å². The molecule has 5 heterocycles. The van der Waals surface area contributed by atoms with E-state index in [0.29, 0.717) is 21.5 Å². The topological polar surface area (TPSA) is 347 Å². The number of Topliss-reactive ketones (excluding diaryl/α,β-unsaturated/α-hetero) is 1. The highest BCUT2D eigenvalue weighted by atomic mass is 127. The molecule has 1 amide bonds. The number of nitrogens with zero attached hydrogens (tertiary/aromatic N) is 1. The van der Waals surface area contributed by atoms with Crippen LogP contribution in [0.1, 0.15) is 82.3 Å². The largest absolute Gasteiger partial charge is 0.492 e. The van der Waals surface area contributed by atoms with Gasteiger partial charge in [-0.3, -0.25) is 19.7 Å². The number of methoxy groups -OCH3 is 5. The number of hydrogen-bond acceptors (Lipinski definition) is 28. The highest BCUT2D eigenvalue weighted by Crippen LogP contribution is 2.50. The average molecular weight is 1460 g/mol. The fraction of sp³-hybridized carbons (Fsp3) is 0.613. The molecule has 2 bridgehead atoms. The molecular formula is C62H82IN5O21S3. The molecule has 1 aromatic heterocycles. The summed E-state index contributed by atoms with van der Waals surface area (Å²) in [7, 11) is 9.69. The minimum absolute atomic E-state index is 0.0202. The van der Waals surface area contributed by atoms with E-state index < -0.39 is 137 Å². The van der Waals surface area contributed by atoms with Crippen molar-refractivity contribution < 1.29 is 102 Å². The van der Waals surface area contributed by atoms with Crippen LogP contribution in [-0.4, -0.2) is 217 Å². The van der Waals surface area contributed by atoms with Crippen molar-refractivity contribution in [1.29, 1.82) is 0 Å². The first-order valence-corrected chi connectivity index (χ1v) is 34.0. The molecule has 0 spiro atoms. The van der Waals surface area contributed by atoms with E-state index in [1.54, 1.807) is 53.1 Å². The predicted octanol–water partition coefficient (Wildman–Crippen LogP) is 3.83. The molecule has 26 nitrogen and oxygen atoms in total. The first kappa shape index (κ1) is 73.5. The Morgan fingerprint density at radius 2 is 1.64 bits per heavy atom. The summed E-state index contributed by atoms with van der Waals surface area (Å²) in [5.74, 6) is 11.6. The summed E-state index contributed by atoms with van der Waals surface area (Å²) in [5.41, 5.74) is 8.18. The zero-order chi connectivity index (χ0) is 66.9. The number of carbonyl (C=O) groups excluding carboxylic acids is 3. The number of anilines is 1. The molecule has 4 saturated heterocycles. The molecule has 0 radical (unpaired) electrons. The van der Waals surface area contributed by atoms with Crippen LogP contribution in [0.25, 0.3) is 0 Å². The number of aliphatic hydroxyl groups is 5. The number of pyridine rings is 1. The third-order valence-electron chi connectivity index (χ3n) is 16.4. The van der Waals surface area contributed by atoms with Crippen molar-refractivity contribution in [2.45, 2.75) is 188 Å². The number of aromatic nitrogens is 1. The van der Waals surface area contributed by atoms with Gasteiger partial charge in [0.25, 0.3) is 0 Å². The summed E-state index contributed by atoms with van der Waals surface area (Å²) in [6.45, 7) is 13.4. The highest BCUT2D eigenvalue weighted by molar-refractivity contribution is 14.1. The van der Waals surface area contributed by atoms with Crippen molar-refractivity contribution in [1.82, 2.24) is 21.1 Å². The van der Waals surface area contributed by atoms with E-state index in [2.05, 4.69) is 44.8 Å². The molecule has 8 rings (SSSR count). The average Bonchev–Trinajstić information content (AvgIpc) is 0.763. The van der Waals surface area contributed by atoms with Gasteiger partial charge in [-0.05, 0) is 94.5 Å². The second-order valence-corrected chi connectivity index (χ2v) is 28.1. The smallest absolute Gasteiger partial charge is 0.411 e. The van der Waals surface area contributed by atoms with Gasteiger partial charge >= 0.3 is 6.09 Å². The van der Waals surface area contributed by atoms with Gasteiger partial charge in [-0.2, -0.15) is 5.48 Å². The van der Waals surface area contributed by atoms with Gasteiger partial charge in [0.2, 0.25) is 17.2 Å². The molecule has 1 aromatic carbocycles. The number of fused-ring (bicyclic) bond motifs is 2. The van der Waals surface area contributed by atoms with Crippen LogP contribution in [0.5, 0.6) is 17.2 Å². The molecule has 92 heavy (non-hydrogen) atoms. The van der Waals surface area contributed by atoms with E-state index in [1.165, 1.54) is 55.1 Å². The van der Waals surface area contributed by atoms with Gasteiger partial charge < -0.3 is 93.4 Å². The van der Waals surface area contributed by atoms with Gasteiger partial charge in [0, 0.05) is 60.5 Å². The fourth-order valence-corrected chi connectivity index (χ4v) is 15.8. The minimum Gasteiger partial charge on any atom is -0.492 e. The Hall–Kier alpha value is -4.34. The minimum atomic E-state index is -2.13. The van der Waals surface area contributed by atoms with Crippen LogP contribution in [0.2, 0.25) is 0 Å². The molecule has 2 aliphatic carbocycles. The molecule has 4 aliphatic heterocycles. The van der Waals surface area contributed by atoms with Crippen molar-refractivity contribution >= 4 is 78.8 Å². The molecule has 30 heteroatoms. The predicted molar refractivity (Wildman–Crippen MR) is 348 cm³/mol. The van der Waals surface area contributed by atoms with Gasteiger partial charge in [-0.1, -0.05) is 76.1 Å². The summed E-state index contributed by atoms with van der Waals surface area (Å²) >= 11 is 2.82. The molecule has 19 atom stereocenters. The lowest BCUT2D eigenvalue weighted by Gasteiger charge is -2.46. The maximum absolute atomic E-state index is 14.5. The lowest BCUT2D eigenvalue weighted by Crippen LogP contribution is -2.65.